The topological polar surface area (TPSA) is 72.9 Å². The van der Waals surface area contributed by atoms with Crippen molar-refractivity contribution in [2.24, 2.45) is 0 Å². The lowest BCUT2D eigenvalue weighted by molar-refractivity contribution is -0.150. The van der Waals surface area contributed by atoms with Crippen LogP contribution in [0.3, 0.4) is 0 Å². The average Bonchev–Trinajstić information content (AvgIpc) is 2.81. The average molecular weight is 414 g/mol. The van der Waals surface area contributed by atoms with Gasteiger partial charge in [-0.15, -0.1) is 0 Å². The molecule has 1 fully saturated rings. The van der Waals surface area contributed by atoms with Crippen molar-refractivity contribution in [3.05, 3.63) is 33.1 Å². The molecule has 1 heterocycles. The van der Waals surface area contributed by atoms with Gasteiger partial charge in [0.2, 0.25) is 0 Å². The van der Waals surface area contributed by atoms with Crippen molar-refractivity contribution < 1.29 is 23.9 Å². The molecule has 6 nitrogen and oxygen atoms in total. The van der Waals surface area contributed by atoms with Crippen LogP contribution in [0.5, 0.6) is 5.75 Å². The number of benzene rings is 1. The van der Waals surface area contributed by atoms with Gasteiger partial charge in [0.15, 0.2) is 0 Å². The largest absolute Gasteiger partial charge is 0.496 e. The Morgan fingerprint density at radius 3 is 2.75 bits per heavy atom. The zero-order valence-corrected chi connectivity index (χ0v) is 15.8. The summed E-state index contributed by atoms with van der Waals surface area (Å²) in [5.74, 6) is -0.558. The van der Waals surface area contributed by atoms with Crippen molar-refractivity contribution in [1.82, 2.24) is 4.90 Å². The van der Waals surface area contributed by atoms with Crippen LogP contribution in [0.1, 0.15) is 19.4 Å². The van der Waals surface area contributed by atoms with E-state index in [1.165, 1.54) is 14.0 Å². The number of rotatable bonds is 5. The van der Waals surface area contributed by atoms with Gasteiger partial charge >= 0.3 is 5.97 Å². The van der Waals surface area contributed by atoms with Gasteiger partial charge in [0.1, 0.15) is 11.8 Å². The summed E-state index contributed by atoms with van der Waals surface area (Å²) >= 11 is 4.14. The highest BCUT2D eigenvalue weighted by Gasteiger charge is 2.41. The summed E-state index contributed by atoms with van der Waals surface area (Å²) in [6.07, 6.45) is 1.58. The fourth-order valence-electron chi connectivity index (χ4n) is 2.14. The zero-order valence-electron chi connectivity index (χ0n) is 13.4. The third-order valence-electron chi connectivity index (χ3n) is 3.32. The number of methoxy groups -OCH3 is 1. The highest BCUT2D eigenvalue weighted by molar-refractivity contribution is 9.10. The molecule has 2 amide bonds. The Morgan fingerprint density at radius 1 is 1.42 bits per heavy atom. The third kappa shape index (κ3) is 3.81. The Bertz CT molecular complexity index is 718. The molecule has 0 saturated carbocycles. The van der Waals surface area contributed by atoms with Crippen molar-refractivity contribution in [1.29, 1.82) is 0 Å². The van der Waals surface area contributed by atoms with Gasteiger partial charge in [0.05, 0.1) is 18.6 Å². The summed E-state index contributed by atoms with van der Waals surface area (Å²) in [4.78, 5) is 37.6. The van der Waals surface area contributed by atoms with Crippen LogP contribution in [0.4, 0.5) is 4.79 Å². The Balaban J connectivity index is 2.31. The molecule has 1 aromatic rings. The van der Waals surface area contributed by atoms with Crippen LogP contribution in [0.15, 0.2) is 27.6 Å². The monoisotopic (exact) mass is 413 g/mol. The molecule has 24 heavy (non-hydrogen) atoms. The summed E-state index contributed by atoms with van der Waals surface area (Å²) in [5, 5.41) is -0.499. The van der Waals surface area contributed by atoms with E-state index in [2.05, 4.69) is 15.9 Å². The molecule has 1 atom stereocenters. The molecular formula is C16H16BrNO5S. The van der Waals surface area contributed by atoms with Crippen LogP contribution in [0.2, 0.25) is 0 Å². The quantitative estimate of drug-likeness (QED) is 0.543. The highest BCUT2D eigenvalue weighted by atomic mass is 79.9. The first-order valence-corrected chi connectivity index (χ1v) is 8.77. The van der Waals surface area contributed by atoms with Gasteiger partial charge in [-0.1, -0.05) is 15.9 Å². The van der Waals surface area contributed by atoms with Gasteiger partial charge in [-0.2, -0.15) is 0 Å². The van der Waals surface area contributed by atoms with Crippen molar-refractivity contribution in [3.8, 4) is 5.75 Å². The van der Waals surface area contributed by atoms with E-state index in [1.807, 2.05) is 6.07 Å². The maximum Gasteiger partial charge on any atom is 0.329 e. The first-order valence-electron chi connectivity index (χ1n) is 7.16. The third-order valence-corrected chi connectivity index (χ3v) is 4.69. The molecule has 8 heteroatoms. The van der Waals surface area contributed by atoms with Crippen LogP contribution < -0.4 is 4.74 Å². The molecule has 1 aliphatic heterocycles. The maximum atomic E-state index is 12.5. The summed E-state index contributed by atoms with van der Waals surface area (Å²) in [6.45, 7) is 3.32. The van der Waals surface area contributed by atoms with Gasteiger partial charge in [0, 0.05) is 10.0 Å². The van der Waals surface area contributed by atoms with E-state index in [0.717, 1.165) is 21.1 Å². The minimum Gasteiger partial charge on any atom is -0.496 e. The van der Waals surface area contributed by atoms with E-state index >= 15 is 0 Å². The highest BCUT2D eigenvalue weighted by Crippen LogP contribution is 2.35. The molecular weight excluding hydrogens is 398 g/mol. The second-order valence-electron chi connectivity index (χ2n) is 4.87. The number of nitrogens with zero attached hydrogens (tertiary/aromatic N) is 1. The normalized spacial score (nSPS) is 17.3. The van der Waals surface area contributed by atoms with Gasteiger partial charge in [-0.3, -0.25) is 14.5 Å². The number of carbonyl (C=O) groups excluding carboxylic acids is 3. The van der Waals surface area contributed by atoms with E-state index in [0.29, 0.717) is 11.3 Å². The molecule has 0 radical (unpaired) electrons. The molecule has 0 aliphatic carbocycles. The number of thioether (sulfide) groups is 1. The molecule has 1 aromatic carbocycles. The van der Waals surface area contributed by atoms with Crippen LogP contribution in [0.25, 0.3) is 6.08 Å². The fraction of sp³-hybridized carbons (Fsp3) is 0.312. The van der Waals surface area contributed by atoms with Crippen LogP contribution in [-0.2, 0) is 14.3 Å². The van der Waals surface area contributed by atoms with Gasteiger partial charge in [-0.05, 0) is 49.9 Å². The number of esters is 1. The summed E-state index contributed by atoms with van der Waals surface area (Å²) in [6, 6.07) is 4.38. The van der Waals surface area contributed by atoms with E-state index < -0.39 is 23.2 Å². The van der Waals surface area contributed by atoms with E-state index in [-0.39, 0.29) is 11.5 Å². The van der Waals surface area contributed by atoms with Crippen LogP contribution in [0, 0.1) is 0 Å². The molecule has 128 valence electrons. The predicted molar refractivity (Wildman–Crippen MR) is 94.6 cm³/mol. The lowest BCUT2D eigenvalue weighted by Crippen LogP contribution is -2.42. The van der Waals surface area contributed by atoms with Gasteiger partial charge in [-0.25, -0.2) is 4.79 Å². The minimum absolute atomic E-state index is 0.185. The predicted octanol–water partition coefficient (Wildman–Crippen LogP) is 3.45. The number of carbonyl (C=O) groups is 3. The number of halogens is 1. The number of hydrogen-bond donors (Lipinski definition) is 0. The number of hydrogen-bond acceptors (Lipinski definition) is 6. The molecule has 2 rings (SSSR count). The Hall–Kier alpha value is -1.80. The smallest absolute Gasteiger partial charge is 0.329 e. The molecule has 0 N–H and O–H groups in total. The van der Waals surface area contributed by atoms with Crippen molar-refractivity contribution in [2.45, 2.75) is 19.9 Å². The van der Waals surface area contributed by atoms with Crippen molar-refractivity contribution in [3.63, 3.8) is 0 Å². The van der Waals surface area contributed by atoms with Crippen molar-refractivity contribution in [2.75, 3.05) is 13.7 Å². The molecule has 1 saturated heterocycles. The fourth-order valence-corrected chi connectivity index (χ4v) is 3.42. The summed E-state index contributed by atoms with van der Waals surface area (Å²) in [7, 11) is 1.52. The van der Waals surface area contributed by atoms with Crippen LogP contribution >= 0.6 is 27.7 Å². The Kier molecular flexibility index (Phi) is 6.06. The lowest BCUT2D eigenvalue weighted by Gasteiger charge is -2.19. The molecule has 0 unspecified atom stereocenters. The lowest BCUT2D eigenvalue weighted by atomic mass is 10.2. The Morgan fingerprint density at radius 2 is 2.12 bits per heavy atom. The number of ether oxygens (including phenoxy) is 2. The van der Waals surface area contributed by atoms with Crippen molar-refractivity contribution >= 4 is 50.9 Å². The first kappa shape index (κ1) is 18.5. The molecule has 1 aliphatic rings. The minimum atomic E-state index is -0.965. The maximum absolute atomic E-state index is 12.5. The zero-order chi connectivity index (χ0) is 17.9. The van der Waals surface area contributed by atoms with E-state index in [1.54, 1.807) is 25.1 Å². The number of amides is 2. The molecule has 0 bridgehead atoms. The van der Waals surface area contributed by atoms with Gasteiger partial charge < -0.3 is 9.47 Å². The summed E-state index contributed by atoms with van der Waals surface area (Å²) < 4.78 is 11.0. The SMILES string of the molecule is CCOC(=O)[C@@H](C)N1C(=O)S/C(=C/c2cc(Br)ccc2OC)C1=O. The van der Waals surface area contributed by atoms with E-state index in [4.69, 9.17) is 9.47 Å². The van der Waals surface area contributed by atoms with E-state index in [9.17, 15) is 14.4 Å². The Labute approximate surface area is 152 Å². The standard InChI is InChI=1S/C16H16BrNO5S/c1-4-23-15(20)9(2)18-14(19)13(24-16(18)21)8-10-7-11(17)5-6-12(10)22-3/h5-9H,4H2,1-3H3/b13-8+/t9-/m1/s1. The summed E-state index contributed by atoms with van der Waals surface area (Å²) in [5.41, 5.74) is 0.654. The molecule has 0 spiro atoms. The van der Waals surface area contributed by atoms with Crippen LogP contribution in [-0.4, -0.2) is 41.8 Å². The van der Waals surface area contributed by atoms with Gasteiger partial charge in [0.25, 0.3) is 11.1 Å². The first-order chi connectivity index (χ1) is 11.4. The second kappa shape index (κ2) is 7.85. The second-order valence-corrected chi connectivity index (χ2v) is 6.77. The number of imide groups is 1. The molecule has 0 aromatic heterocycles.